The van der Waals surface area contributed by atoms with Gasteiger partial charge in [0.25, 0.3) is 5.56 Å². The summed E-state index contributed by atoms with van der Waals surface area (Å²) in [5, 5.41) is 2.69. The minimum Gasteiger partial charge on any atom is -0.272 e. The van der Waals surface area contributed by atoms with Crippen molar-refractivity contribution in [2.45, 2.75) is 18.9 Å². The first-order chi connectivity index (χ1) is 15.2. The number of rotatable bonds is 2. The van der Waals surface area contributed by atoms with Crippen molar-refractivity contribution >= 4 is 46.0 Å². The second kappa shape index (κ2) is 7.45. The van der Waals surface area contributed by atoms with Crippen LogP contribution in [-0.4, -0.2) is 4.57 Å². The number of thiophene rings is 1. The van der Waals surface area contributed by atoms with Crippen LogP contribution < -0.4 is 14.9 Å². The Kier molecular flexibility index (Phi) is 4.56. The second-order valence-electron chi connectivity index (χ2n) is 7.65. The molecule has 3 nitrogen and oxygen atoms in total. The summed E-state index contributed by atoms with van der Waals surface area (Å²) in [5.74, 6) is 0. The molecule has 6 rings (SSSR count). The molecule has 2 aliphatic rings. The fourth-order valence-electron chi connectivity index (χ4n) is 4.50. The maximum absolute atomic E-state index is 13.6. The number of nitrogens with zero attached hydrogens (tertiary/aromatic N) is 2. The predicted octanol–water partition coefficient (Wildman–Crippen LogP) is 5.03. The van der Waals surface area contributed by atoms with E-state index in [9.17, 15) is 4.79 Å². The van der Waals surface area contributed by atoms with Crippen molar-refractivity contribution in [1.82, 2.24) is 4.57 Å². The van der Waals surface area contributed by atoms with Gasteiger partial charge in [0, 0.05) is 15.5 Å². The molecule has 0 radical (unpaired) electrons. The van der Waals surface area contributed by atoms with Gasteiger partial charge in [-0.2, -0.15) is 0 Å². The van der Waals surface area contributed by atoms with Gasteiger partial charge in [-0.3, -0.25) is 9.36 Å². The molecule has 4 aromatic rings. The molecule has 3 heterocycles. The summed E-state index contributed by atoms with van der Waals surface area (Å²) in [6.07, 6.45) is 3.76. The van der Waals surface area contributed by atoms with Crippen LogP contribution in [0.3, 0.4) is 0 Å². The van der Waals surface area contributed by atoms with Crippen molar-refractivity contribution in [1.29, 1.82) is 0 Å². The number of thiazole rings is 1. The molecule has 0 saturated heterocycles. The monoisotopic (exact) mass is 460 g/mol. The SMILES string of the molecule is O=c1/c(=C/c2cccs2)sc2n1[C@@H](c1ccccc1Cl)C1=C(N=2)c2ccccc2CC1. The van der Waals surface area contributed by atoms with E-state index < -0.39 is 0 Å². The highest BCUT2D eigenvalue weighted by molar-refractivity contribution is 7.11. The summed E-state index contributed by atoms with van der Waals surface area (Å²) >= 11 is 9.73. The van der Waals surface area contributed by atoms with Crippen molar-refractivity contribution in [2.75, 3.05) is 0 Å². The number of benzene rings is 2. The van der Waals surface area contributed by atoms with Gasteiger partial charge in [-0.15, -0.1) is 11.3 Å². The summed E-state index contributed by atoms with van der Waals surface area (Å²) in [7, 11) is 0. The fraction of sp³-hybridized carbons (Fsp3) is 0.120. The van der Waals surface area contributed by atoms with Crippen LogP contribution in [0.4, 0.5) is 0 Å². The summed E-state index contributed by atoms with van der Waals surface area (Å²) in [5.41, 5.74) is 5.58. The topological polar surface area (TPSA) is 34.4 Å². The molecule has 0 saturated carbocycles. The van der Waals surface area contributed by atoms with E-state index in [1.165, 1.54) is 22.5 Å². The van der Waals surface area contributed by atoms with Crippen molar-refractivity contribution < 1.29 is 0 Å². The Morgan fingerprint density at radius 2 is 1.87 bits per heavy atom. The van der Waals surface area contributed by atoms with Crippen LogP contribution in [0.2, 0.25) is 5.02 Å². The average molecular weight is 461 g/mol. The summed E-state index contributed by atoms with van der Waals surface area (Å²) < 4.78 is 2.55. The van der Waals surface area contributed by atoms with Crippen molar-refractivity contribution in [3.8, 4) is 0 Å². The zero-order chi connectivity index (χ0) is 20.9. The maximum atomic E-state index is 13.6. The molecule has 1 aliphatic heterocycles. The summed E-state index contributed by atoms with van der Waals surface area (Å²) in [6.45, 7) is 0. The molecule has 1 aliphatic carbocycles. The van der Waals surface area contributed by atoms with Gasteiger partial charge in [-0.1, -0.05) is 71.5 Å². The van der Waals surface area contributed by atoms with Gasteiger partial charge >= 0.3 is 0 Å². The number of fused-ring (bicyclic) bond motifs is 3. The van der Waals surface area contributed by atoms with Crippen LogP contribution in [0.15, 0.2) is 81.4 Å². The molecule has 1 atom stereocenters. The third-order valence-electron chi connectivity index (χ3n) is 5.89. The predicted molar refractivity (Wildman–Crippen MR) is 129 cm³/mol. The zero-order valence-electron chi connectivity index (χ0n) is 16.4. The molecule has 2 aromatic heterocycles. The third kappa shape index (κ3) is 3.07. The van der Waals surface area contributed by atoms with Crippen LogP contribution in [0.5, 0.6) is 0 Å². The average Bonchev–Trinajstić information content (AvgIpc) is 3.41. The molecular weight excluding hydrogens is 444 g/mol. The van der Waals surface area contributed by atoms with Crippen LogP contribution in [-0.2, 0) is 6.42 Å². The Hall–Kier alpha value is -2.73. The standard InChI is InChI=1S/C25H17ClN2OS2/c26-20-10-4-3-9-18(20)23-19-12-11-15-6-1-2-8-17(15)22(19)27-25-28(23)24(29)21(31-25)14-16-7-5-13-30-16/h1-10,13-14,23H,11-12H2/b21-14-/t23-/m0/s1. The summed E-state index contributed by atoms with van der Waals surface area (Å²) in [6, 6.07) is 20.1. The lowest BCUT2D eigenvalue weighted by molar-refractivity contribution is 0.585. The number of hydrogen-bond donors (Lipinski definition) is 0. The highest BCUT2D eigenvalue weighted by Crippen LogP contribution is 2.42. The largest absolute Gasteiger partial charge is 0.272 e. The van der Waals surface area contributed by atoms with Crippen LogP contribution in [0, 0.1) is 0 Å². The van der Waals surface area contributed by atoms with E-state index in [0.717, 1.165) is 39.3 Å². The molecular formula is C25H17ClN2OS2. The molecule has 2 aromatic carbocycles. The molecule has 0 bridgehead atoms. The Morgan fingerprint density at radius 3 is 2.71 bits per heavy atom. The second-order valence-corrected chi connectivity index (χ2v) is 10.0. The lowest BCUT2D eigenvalue weighted by Crippen LogP contribution is -2.38. The third-order valence-corrected chi connectivity index (χ3v) is 8.04. The smallest absolute Gasteiger partial charge is 0.271 e. The Bertz CT molecular complexity index is 1530. The van der Waals surface area contributed by atoms with E-state index in [0.29, 0.717) is 9.55 Å². The first-order valence-corrected chi connectivity index (χ1v) is 12.2. The van der Waals surface area contributed by atoms with Gasteiger partial charge in [0.2, 0.25) is 0 Å². The first-order valence-electron chi connectivity index (χ1n) is 10.1. The normalized spacial score (nSPS) is 17.7. The van der Waals surface area contributed by atoms with Crippen molar-refractivity contribution in [3.05, 3.63) is 118 Å². The van der Waals surface area contributed by atoms with Gasteiger partial charge in [-0.25, -0.2) is 4.99 Å². The molecule has 0 fully saturated rings. The number of aromatic nitrogens is 1. The quantitative estimate of drug-likeness (QED) is 0.413. The summed E-state index contributed by atoms with van der Waals surface area (Å²) in [4.78, 5) is 20.4. The van der Waals surface area contributed by atoms with Crippen molar-refractivity contribution in [2.24, 2.45) is 4.99 Å². The van der Waals surface area contributed by atoms with Crippen molar-refractivity contribution in [3.63, 3.8) is 0 Å². The maximum Gasteiger partial charge on any atom is 0.271 e. The van der Waals surface area contributed by atoms with Gasteiger partial charge in [-0.05, 0) is 53.1 Å². The molecule has 0 amide bonds. The number of hydrogen-bond acceptors (Lipinski definition) is 4. The van der Waals surface area contributed by atoms with E-state index in [-0.39, 0.29) is 11.6 Å². The zero-order valence-corrected chi connectivity index (χ0v) is 18.8. The molecule has 31 heavy (non-hydrogen) atoms. The minimum atomic E-state index is -0.237. The van der Waals surface area contributed by atoms with Crippen LogP contribution >= 0.6 is 34.3 Å². The van der Waals surface area contributed by atoms with Gasteiger partial charge < -0.3 is 0 Å². The van der Waals surface area contributed by atoms with E-state index in [1.807, 2.05) is 52.4 Å². The minimum absolute atomic E-state index is 0.00696. The Balaban J connectivity index is 1.68. The lowest BCUT2D eigenvalue weighted by Gasteiger charge is -2.31. The Labute approximate surface area is 191 Å². The van der Waals surface area contributed by atoms with E-state index in [1.54, 1.807) is 11.3 Å². The van der Waals surface area contributed by atoms with E-state index >= 15 is 0 Å². The highest BCUT2D eigenvalue weighted by atomic mass is 35.5. The number of allylic oxidation sites excluding steroid dienone is 1. The van der Waals surface area contributed by atoms with Gasteiger partial charge in [0.05, 0.1) is 16.3 Å². The first kappa shape index (κ1) is 19.0. The number of aryl methyl sites for hydroxylation is 1. The van der Waals surface area contributed by atoms with E-state index in [2.05, 4.69) is 24.3 Å². The van der Waals surface area contributed by atoms with Gasteiger partial charge in [0.1, 0.15) is 0 Å². The van der Waals surface area contributed by atoms with Crippen LogP contribution in [0.25, 0.3) is 11.8 Å². The number of halogens is 1. The molecule has 0 N–H and O–H groups in total. The molecule has 0 spiro atoms. The fourth-order valence-corrected chi connectivity index (χ4v) is 6.46. The molecule has 6 heteroatoms. The lowest BCUT2D eigenvalue weighted by atomic mass is 9.83. The Morgan fingerprint density at radius 1 is 1.03 bits per heavy atom. The highest BCUT2D eigenvalue weighted by Gasteiger charge is 2.33. The van der Waals surface area contributed by atoms with Crippen LogP contribution in [0.1, 0.15) is 34.0 Å². The van der Waals surface area contributed by atoms with E-state index in [4.69, 9.17) is 16.6 Å². The van der Waals surface area contributed by atoms with Gasteiger partial charge in [0.15, 0.2) is 4.80 Å². The molecule has 152 valence electrons. The molecule has 0 unspecified atom stereocenters.